The number of aliphatic imine (C=N–C) groups is 1. The van der Waals surface area contributed by atoms with Crippen LogP contribution in [0.5, 0.6) is 0 Å². The van der Waals surface area contributed by atoms with Crippen LogP contribution >= 0.6 is 0 Å². The Kier molecular flexibility index (Phi) is 7.48. The van der Waals surface area contributed by atoms with Crippen LogP contribution in [0.25, 0.3) is 0 Å². The van der Waals surface area contributed by atoms with Gasteiger partial charge in [0.1, 0.15) is 11.5 Å². The predicted molar refractivity (Wildman–Crippen MR) is 108 cm³/mol. The number of unbranched alkanes of at least 4 members (excludes halogenated alkanes) is 1. The standard InChI is InChI=1S/C20H33N5O3/c1-20(2,3)17(19(28)21-4)23-18(27)16-14-13-24(5)10-8-11-25(14)15(22-16)9-6-7-12-26/h26H,6-13H2,1-5H3,(H,21,28)/b23-17-. The van der Waals surface area contributed by atoms with Gasteiger partial charge in [-0.3, -0.25) is 9.59 Å². The minimum absolute atomic E-state index is 0.146. The van der Waals surface area contributed by atoms with Gasteiger partial charge in [-0.15, -0.1) is 0 Å². The molecule has 2 amide bonds. The normalized spacial score (nSPS) is 15.9. The number of aliphatic hydroxyl groups excluding tert-OH is 1. The van der Waals surface area contributed by atoms with Crippen molar-refractivity contribution in [2.24, 2.45) is 10.4 Å². The third-order valence-electron chi connectivity index (χ3n) is 4.87. The molecule has 8 nitrogen and oxygen atoms in total. The minimum Gasteiger partial charge on any atom is -0.396 e. The summed E-state index contributed by atoms with van der Waals surface area (Å²) in [5, 5.41) is 11.6. The molecule has 0 aliphatic carbocycles. The maximum absolute atomic E-state index is 13.1. The van der Waals surface area contributed by atoms with E-state index in [2.05, 4.69) is 24.8 Å². The monoisotopic (exact) mass is 391 g/mol. The molecule has 156 valence electrons. The molecule has 0 saturated heterocycles. The quantitative estimate of drug-likeness (QED) is 0.564. The van der Waals surface area contributed by atoms with Gasteiger partial charge < -0.3 is 19.9 Å². The highest BCUT2D eigenvalue weighted by molar-refractivity contribution is 6.42. The van der Waals surface area contributed by atoms with E-state index in [1.165, 1.54) is 7.05 Å². The first-order valence-corrected chi connectivity index (χ1v) is 9.92. The second-order valence-corrected chi connectivity index (χ2v) is 8.34. The highest BCUT2D eigenvalue weighted by Crippen LogP contribution is 2.22. The molecule has 1 aromatic rings. The summed E-state index contributed by atoms with van der Waals surface area (Å²) in [7, 11) is 3.56. The molecule has 1 aromatic heterocycles. The van der Waals surface area contributed by atoms with Crippen molar-refractivity contribution in [2.75, 3.05) is 27.2 Å². The van der Waals surface area contributed by atoms with Crippen LogP contribution in [-0.2, 0) is 24.3 Å². The van der Waals surface area contributed by atoms with Gasteiger partial charge in [0.15, 0.2) is 5.69 Å². The molecule has 2 heterocycles. The molecule has 2 N–H and O–H groups in total. The molecule has 0 unspecified atom stereocenters. The molecule has 28 heavy (non-hydrogen) atoms. The van der Waals surface area contributed by atoms with Gasteiger partial charge in [-0.25, -0.2) is 9.98 Å². The number of rotatable bonds is 6. The van der Waals surface area contributed by atoms with E-state index >= 15 is 0 Å². The number of nitrogens with one attached hydrogen (secondary N) is 1. The molecule has 2 rings (SSSR count). The van der Waals surface area contributed by atoms with E-state index < -0.39 is 11.3 Å². The number of aryl methyl sites for hydroxylation is 1. The number of carbonyl (C=O) groups excluding carboxylic acids is 2. The van der Waals surface area contributed by atoms with Crippen molar-refractivity contribution in [3.05, 3.63) is 17.2 Å². The van der Waals surface area contributed by atoms with E-state index in [1.54, 1.807) is 0 Å². The smallest absolute Gasteiger partial charge is 0.297 e. The molecule has 8 heteroatoms. The Bertz CT molecular complexity index is 746. The molecule has 0 radical (unpaired) electrons. The van der Waals surface area contributed by atoms with Gasteiger partial charge in [0.2, 0.25) is 0 Å². The van der Waals surface area contributed by atoms with Gasteiger partial charge in [0, 0.05) is 38.6 Å². The number of carbonyl (C=O) groups is 2. The van der Waals surface area contributed by atoms with Crippen molar-refractivity contribution < 1.29 is 14.7 Å². The zero-order valence-electron chi connectivity index (χ0n) is 17.7. The number of nitrogens with zero attached hydrogens (tertiary/aromatic N) is 4. The Balaban J connectivity index is 2.46. The lowest BCUT2D eigenvalue weighted by molar-refractivity contribution is -0.114. The van der Waals surface area contributed by atoms with Crippen LogP contribution in [0.1, 0.15) is 62.0 Å². The second-order valence-electron chi connectivity index (χ2n) is 8.34. The van der Waals surface area contributed by atoms with E-state index in [-0.39, 0.29) is 18.2 Å². The first-order chi connectivity index (χ1) is 13.2. The summed E-state index contributed by atoms with van der Waals surface area (Å²) in [5.41, 5.74) is 0.828. The molecule has 0 saturated carbocycles. The van der Waals surface area contributed by atoms with Gasteiger partial charge in [-0.05, 0) is 32.9 Å². The average Bonchev–Trinajstić information content (AvgIpc) is 2.83. The Morgan fingerprint density at radius 3 is 2.57 bits per heavy atom. The highest BCUT2D eigenvalue weighted by atomic mass is 16.3. The van der Waals surface area contributed by atoms with Gasteiger partial charge >= 0.3 is 0 Å². The van der Waals surface area contributed by atoms with Crippen molar-refractivity contribution in [3.8, 4) is 0 Å². The number of imidazole rings is 1. The lowest BCUT2D eigenvalue weighted by Gasteiger charge is -2.19. The summed E-state index contributed by atoms with van der Waals surface area (Å²) in [4.78, 5) is 36.3. The first kappa shape index (κ1) is 22.2. The summed E-state index contributed by atoms with van der Waals surface area (Å²) >= 11 is 0. The van der Waals surface area contributed by atoms with Crippen LogP contribution in [0.15, 0.2) is 4.99 Å². The van der Waals surface area contributed by atoms with Crippen LogP contribution in [0, 0.1) is 5.41 Å². The maximum atomic E-state index is 13.1. The summed E-state index contributed by atoms with van der Waals surface area (Å²) in [6, 6.07) is 0. The molecular weight excluding hydrogens is 358 g/mol. The zero-order chi connectivity index (χ0) is 20.9. The average molecular weight is 392 g/mol. The van der Waals surface area contributed by atoms with Crippen molar-refractivity contribution in [1.82, 2.24) is 19.8 Å². The van der Waals surface area contributed by atoms with E-state index in [0.717, 1.165) is 37.4 Å². The fourth-order valence-electron chi connectivity index (χ4n) is 3.38. The van der Waals surface area contributed by atoms with Crippen molar-refractivity contribution in [1.29, 1.82) is 0 Å². The summed E-state index contributed by atoms with van der Waals surface area (Å²) in [6.45, 7) is 8.09. The molecule has 1 aliphatic rings. The predicted octanol–water partition coefficient (Wildman–Crippen LogP) is 1.41. The molecule has 0 fully saturated rings. The van der Waals surface area contributed by atoms with Crippen molar-refractivity contribution >= 4 is 17.5 Å². The fraction of sp³-hybridized carbons (Fsp3) is 0.700. The van der Waals surface area contributed by atoms with Gasteiger partial charge in [0.25, 0.3) is 11.8 Å². The van der Waals surface area contributed by atoms with Crippen LogP contribution in [0.3, 0.4) is 0 Å². The van der Waals surface area contributed by atoms with Gasteiger partial charge in [-0.1, -0.05) is 20.8 Å². The summed E-state index contributed by atoms with van der Waals surface area (Å²) in [5.74, 6) is 0.0296. The van der Waals surface area contributed by atoms with Crippen molar-refractivity contribution in [3.63, 3.8) is 0 Å². The summed E-state index contributed by atoms with van der Waals surface area (Å²) in [6.07, 6.45) is 3.20. The zero-order valence-corrected chi connectivity index (χ0v) is 17.7. The maximum Gasteiger partial charge on any atom is 0.297 e. The molecular formula is C20H33N5O3. The number of hydrogen-bond acceptors (Lipinski definition) is 5. The van der Waals surface area contributed by atoms with Gasteiger partial charge in [-0.2, -0.15) is 0 Å². The van der Waals surface area contributed by atoms with Crippen LogP contribution < -0.4 is 5.32 Å². The summed E-state index contributed by atoms with van der Waals surface area (Å²) < 4.78 is 2.13. The van der Waals surface area contributed by atoms with Crippen LogP contribution in [-0.4, -0.2) is 64.3 Å². The Labute approximate surface area is 167 Å². The number of fused-ring (bicyclic) bond motifs is 1. The molecule has 0 atom stereocenters. The SMILES string of the molecule is CNC(=O)/C(=N/C(=O)c1nc(CCCCO)n2c1CN(C)CCC2)C(C)(C)C. The minimum atomic E-state index is -0.562. The van der Waals surface area contributed by atoms with E-state index in [4.69, 9.17) is 5.11 Å². The third-order valence-corrected chi connectivity index (χ3v) is 4.87. The number of hydrogen-bond donors (Lipinski definition) is 2. The number of aliphatic hydroxyl groups is 1. The number of aromatic nitrogens is 2. The lowest BCUT2D eigenvalue weighted by atomic mass is 9.89. The van der Waals surface area contributed by atoms with Crippen LogP contribution in [0.4, 0.5) is 0 Å². The lowest BCUT2D eigenvalue weighted by Crippen LogP contribution is -2.37. The Morgan fingerprint density at radius 2 is 1.96 bits per heavy atom. The topological polar surface area (TPSA) is 99.8 Å². The highest BCUT2D eigenvalue weighted by Gasteiger charge is 2.29. The Morgan fingerprint density at radius 1 is 1.25 bits per heavy atom. The molecule has 0 spiro atoms. The third kappa shape index (κ3) is 5.26. The largest absolute Gasteiger partial charge is 0.396 e. The van der Waals surface area contributed by atoms with E-state index in [9.17, 15) is 9.59 Å². The van der Waals surface area contributed by atoms with E-state index in [0.29, 0.717) is 25.1 Å². The molecule has 0 aromatic carbocycles. The number of amides is 2. The molecule has 0 bridgehead atoms. The van der Waals surface area contributed by atoms with Crippen molar-refractivity contribution in [2.45, 2.75) is 59.5 Å². The van der Waals surface area contributed by atoms with Gasteiger partial charge in [0.05, 0.1) is 5.69 Å². The second kappa shape index (κ2) is 9.43. The Hall–Kier alpha value is -2.06. The van der Waals surface area contributed by atoms with E-state index in [1.807, 2.05) is 27.8 Å². The van der Waals surface area contributed by atoms with Crippen LogP contribution in [0.2, 0.25) is 0 Å². The first-order valence-electron chi connectivity index (χ1n) is 9.92. The fourth-order valence-corrected chi connectivity index (χ4v) is 3.38. The molecule has 1 aliphatic heterocycles.